The molecule has 0 saturated heterocycles. The first kappa shape index (κ1) is 16.0. The maximum Gasteiger partial charge on any atom is 0.269 e. The predicted octanol–water partition coefficient (Wildman–Crippen LogP) is 3.21. The molecule has 24 heavy (non-hydrogen) atoms. The number of carbonyl (C=O) groups is 1. The number of nitrogens with zero attached hydrogens (tertiary/aromatic N) is 1. The number of carbonyl (C=O) groups excluding carboxylic acids is 1. The van der Waals surface area contributed by atoms with Crippen LogP contribution in [0.4, 0.5) is 9.52 Å². The van der Waals surface area contributed by atoms with Gasteiger partial charge in [-0.1, -0.05) is 11.3 Å². The molecule has 2 aromatic carbocycles. The average Bonchev–Trinajstić information content (AvgIpc) is 3.02. The minimum atomic E-state index is -0.397. The van der Waals surface area contributed by atoms with E-state index in [0.29, 0.717) is 27.7 Å². The summed E-state index contributed by atoms with van der Waals surface area (Å²) in [5, 5.41) is 0.493. The number of methoxy groups -OCH3 is 2. The fourth-order valence-electron chi connectivity index (χ4n) is 2.09. The zero-order chi connectivity index (χ0) is 17.1. The van der Waals surface area contributed by atoms with E-state index < -0.39 is 5.82 Å². The van der Waals surface area contributed by atoms with Gasteiger partial charge in [-0.15, -0.1) is 0 Å². The molecular formula is C16H14FN3O3S. The van der Waals surface area contributed by atoms with Crippen molar-refractivity contribution in [2.75, 3.05) is 19.6 Å². The van der Waals surface area contributed by atoms with Gasteiger partial charge in [-0.25, -0.2) is 9.37 Å². The molecule has 0 saturated carbocycles. The summed E-state index contributed by atoms with van der Waals surface area (Å²) in [5.41, 5.74) is 6.29. The number of hydrazine groups is 1. The molecule has 0 spiro atoms. The second kappa shape index (κ2) is 6.71. The maximum absolute atomic E-state index is 12.9. The number of benzene rings is 2. The van der Waals surface area contributed by atoms with Gasteiger partial charge in [0.1, 0.15) is 22.8 Å². The van der Waals surface area contributed by atoms with Crippen molar-refractivity contribution >= 4 is 32.6 Å². The Morgan fingerprint density at radius 3 is 2.58 bits per heavy atom. The highest BCUT2D eigenvalue weighted by Gasteiger charge is 2.12. The van der Waals surface area contributed by atoms with E-state index in [1.165, 1.54) is 35.6 Å². The molecule has 6 nitrogen and oxygen atoms in total. The van der Waals surface area contributed by atoms with Gasteiger partial charge in [-0.2, -0.15) is 0 Å². The van der Waals surface area contributed by atoms with E-state index in [-0.39, 0.29) is 5.91 Å². The van der Waals surface area contributed by atoms with Crippen molar-refractivity contribution in [2.45, 2.75) is 0 Å². The molecule has 8 heteroatoms. The molecule has 3 aromatic rings. The van der Waals surface area contributed by atoms with Gasteiger partial charge in [-0.05, 0) is 30.3 Å². The molecule has 0 fully saturated rings. The molecular weight excluding hydrogens is 333 g/mol. The lowest BCUT2D eigenvalue weighted by Gasteiger charge is -2.05. The van der Waals surface area contributed by atoms with Crippen LogP contribution in [0.3, 0.4) is 0 Å². The van der Waals surface area contributed by atoms with Gasteiger partial charge in [0.05, 0.1) is 18.9 Å². The van der Waals surface area contributed by atoms with E-state index in [0.717, 1.165) is 4.70 Å². The van der Waals surface area contributed by atoms with Crippen molar-refractivity contribution in [3.8, 4) is 11.5 Å². The van der Waals surface area contributed by atoms with Crippen molar-refractivity contribution in [1.29, 1.82) is 0 Å². The van der Waals surface area contributed by atoms with Gasteiger partial charge in [0.15, 0.2) is 0 Å². The first-order valence-corrected chi connectivity index (χ1v) is 7.77. The topological polar surface area (TPSA) is 72.5 Å². The molecule has 1 aromatic heterocycles. The minimum Gasteiger partial charge on any atom is -0.497 e. The lowest BCUT2D eigenvalue weighted by molar-refractivity contribution is 0.0962. The molecule has 0 aliphatic heterocycles. The number of thiazole rings is 1. The van der Waals surface area contributed by atoms with Gasteiger partial charge in [0.25, 0.3) is 5.91 Å². The summed E-state index contributed by atoms with van der Waals surface area (Å²) < 4.78 is 24.2. The number of fused-ring (bicyclic) bond motifs is 1. The Bertz CT molecular complexity index is 880. The Kier molecular flexibility index (Phi) is 4.48. The normalized spacial score (nSPS) is 10.5. The maximum atomic E-state index is 12.9. The van der Waals surface area contributed by atoms with Crippen LogP contribution in [0.5, 0.6) is 11.5 Å². The first-order chi connectivity index (χ1) is 11.6. The highest BCUT2D eigenvalue weighted by atomic mass is 32.1. The van der Waals surface area contributed by atoms with Crippen molar-refractivity contribution in [2.24, 2.45) is 0 Å². The summed E-state index contributed by atoms with van der Waals surface area (Å²) in [7, 11) is 3.13. The standard InChI is InChI=1S/C16H14FN3O3S/c1-22-11-7-12(23-2)14-13(8-11)24-16(18-14)20-19-15(21)9-3-5-10(17)6-4-9/h3-8H,1-2H3,(H,18,20)(H,19,21). The summed E-state index contributed by atoms with van der Waals surface area (Å²) in [6.45, 7) is 0. The average molecular weight is 347 g/mol. The van der Waals surface area contributed by atoms with Gasteiger partial charge in [0.2, 0.25) is 5.13 Å². The third-order valence-corrected chi connectivity index (χ3v) is 4.20. The second-order valence-corrected chi connectivity index (χ2v) is 5.81. The van der Waals surface area contributed by atoms with Gasteiger partial charge in [0, 0.05) is 11.6 Å². The van der Waals surface area contributed by atoms with Crippen molar-refractivity contribution in [3.05, 3.63) is 47.8 Å². The molecule has 0 bridgehead atoms. The van der Waals surface area contributed by atoms with Crippen molar-refractivity contribution in [1.82, 2.24) is 10.4 Å². The highest BCUT2D eigenvalue weighted by Crippen LogP contribution is 2.35. The van der Waals surface area contributed by atoms with E-state index >= 15 is 0 Å². The van der Waals surface area contributed by atoms with Crippen LogP contribution in [0.15, 0.2) is 36.4 Å². The molecule has 1 amide bonds. The van der Waals surface area contributed by atoms with Crippen LogP contribution in [0, 0.1) is 5.82 Å². The number of nitrogens with one attached hydrogen (secondary N) is 2. The Hall–Kier alpha value is -2.87. The zero-order valence-corrected chi connectivity index (χ0v) is 13.7. The van der Waals surface area contributed by atoms with Gasteiger partial charge < -0.3 is 9.47 Å². The Labute approximate surface area is 141 Å². The second-order valence-electron chi connectivity index (χ2n) is 4.78. The number of aromatic nitrogens is 1. The van der Waals surface area contributed by atoms with Crippen LogP contribution in [0.25, 0.3) is 10.2 Å². The van der Waals surface area contributed by atoms with Crippen LogP contribution in [-0.4, -0.2) is 25.1 Å². The summed E-state index contributed by atoms with van der Waals surface area (Å²) in [4.78, 5) is 16.4. The molecule has 0 atom stereocenters. The summed E-state index contributed by atoms with van der Waals surface area (Å²) >= 11 is 1.34. The summed E-state index contributed by atoms with van der Waals surface area (Å²) in [5.74, 6) is 0.453. The van der Waals surface area contributed by atoms with Crippen molar-refractivity contribution in [3.63, 3.8) is 0 Å². The van der Waals surface area contributed by atoms with E-state index in [9.17, 15) is 9.18 Å². The Morgan fingerprint density at radius 2 is 1.92 bits per heavy atom. The number of halogens is 1. The van der Waals surface area contributed by atoms with E-state index in [1.807, 2.05) is 6.07 Å². The van der Waals surface area contributed by atoms with Crippen LogP contribution in [0.1, 0.15) is 10.4 Å². The SMILES string of the molecule is COc1cc(OC)c2nc(NNC(=O)c3ccc(F)cc3)sc2c1. The molecule has 0 unspecified atom stereocenters. The van der Waals surface area contributed by atoms with Crippen LogP contribution in [-0.2, 0) is 0 Å². The van der Waals surface area contributed by atoms with Gasteiger partial charge in [-0.3, -0.25) is 15.6 Å². The van der Waals surface area contributed by atoms with Crippen LogP contribution < -0.4 is 20.3 Å². The summed E-state index contributed by atoms with van der Waals surface area (Å²) in [6, 6.07) is 8.83. The molecule has 3 rings (SSSR count). The number of rotatable bonds is 5. The summed E-state index contributed by atoms with van der Waals surface area (Å²) in [6.07, 6.45) is 0. The Balaban J connectivity index is 1.78. The number of hydrogen-bond donors (Lipinski definition) is 2. The monoisotopic (exact) mass is 347 g/mol. The quantitative estimate of drug-likeness (QED) is 0.694. The zero-order valence-electron chi connectivity index (χ0n) is 12.9. The fraction of sp³-hybridized carbons (Fsp3) is 0.125. The Morgan fingerprint density at radius 1 is 1.17 bits per heavy atom. The number of anilines is 1. The molecule has 0 aliphatic rings. The van der Waals surface area contributed by atoms with Crippen LogP contribution >= 0.6 is 11.3 Å². The molecule has 0 aliphatic carbocycles. The number of amides is 1. The van der Waals surface area contributed by atoms with E-state index in [1.54, 1.807) is 20.3 Å². The molecule has 124 valence electrons. The predicted molar refractivity (Wildman–Crippen MR) is 90.2 cm³/mol. The minimum absolute atomic E-state index is 0.337. The van der Waals surface area contributed by atoms with E-state index in [2.05, 4.69) is 15.8 Å². The molecule has 0 radical (unpaired) electrons. The number of hydrogen-bond acceptors (Lipinski definition) is 6. The third-order valence-electron chi connectivity index (χ3n) is 3.28. The smallest absolute Gasteiger partial charge is 0.269 e. The van der Waals surface area contributed by atoms with Crippen LogP contribution in [0.2, 0.25) is 0 Å². The largest absolute Gasteiger partial charge is 0.497 e. The van der Waals surface area contributed by atoms with E-state index in [4.69, 9.17) is 9.47 Å². The molecule has 2 N–H and O–H groups in total. The number of ether oxygens (including phenoxy) is 2. The molecule has 1 heterocycles. The fourth-order valence-corrected chi connectivity index (χ4v) is 2.95. The lowest BCUT2D eigenvalue weighted by Crippen LogP contribution is -2.29. The highest BCUT2D eigenvalue weighted by molar-refractivity contribution is 7.22. The van der Waals surface area contributed by atoms with Gasteiger partial charge >= 0.3 is 0 Å². The first-order valence-electron chi connectivity index (χ1n) is 6.95. The third kappa shape index (κ3) is 3.23. The van der Waals surface area contributed by atoms with Crippen molar-refractivity contribution < 1.29 is 18.7 Å². The lowest BCUT2D eigenvalue weighted by atomic mass is 10.2.